The predicted molar refractivity (Wildman–Crippen MR) is 80.0 cm³/mol. The molecule has 0 saturated carbocycles. The summed E-state index contributed by atoms with van der Waals surface area (Å²) in [5.74, 6) is 1.57. The van der Waals surface area contributed by atoms with Gasteiger partial charge in [0.05, 0.1) is 0 Å². The van der Waals surface area contributed by atoms with E-state index in [1.165, 1.54) is 11.1 Å². The molecular formula is C18H20O2. The van der Waals surface area contributed by atoms with E-state index in [0.717, 1.165) is 31.8 Å². The fourth-order valence-corrected chi connectivity index (χ4v) is 2.63. The molecule has 0 aliphatic carbocycles. The Hall–Kier alpha value is -1.80. The van der Waals surface area contributed by atoms with Crippen molar-refractivity contribution in [2.75, 3.05) is 13.2 Å². The zero-order valence-corrected chi connectivity index (χ0v) is 11.6. The van der Waals surface area contributed by atoms with Crippen LogP contribution >= 0.6 is 0 Å². The van der Waals surface area contributed by atoms with Crippen LogP contribution in [-0.4, -0.2) is 13.2 Å². The largest absolute Gasteiger partial charge is 0.489 e. The van der Waals surface area contributed by atoms with Gasteiger partial charge in [-0.2, -0.15) is 0 Å². The van der Waals surface area contributed by atoms with Crippen molar-refractivity contribution in [1.29, 1.82) is 0 Å². The van der Waals surface area contributed by atoms with Gasteiger partial charge in [-0.1, -0.05) is 42.5 Å². The summed E-state index contributed by atoms with van der Waals surface area (Å²) in [7, 11) is 0. The maximum atomic E-state index is 5.89. The fourth-order valence-electron chi connectivity index (χ4n) is 2.63. The van der Waals surface area contributed by atoms with E-state index in [2.05, 4.69) is 30.3 Å². The van der Waals surface area contributed by atoms with E-state index in [4.69, 9.17) is 9.47 Å². The molecule has 0 N–H and O–H groups in total. The first-order valence-electron chi connectivity index (χ1n) is 7.26. The van der Waals surface area contributed by atoms with Crippen LogP contribution in [0.4, 0.5) is 0 Å². The summed E-state index contributed by atoms with van der Waals surface area (Å²) in [6.45, 7) is 2.37. The Kier molecular flexibility index (Phi) is 4.34. The van der Waals surface area contributed by atoms with Gasteiger partial charge in [0.25, 0.3) is 0 Å². The van der Waals surface area contributed by atoms with Gasteiger partial charge < -0.3 is 9.47 Å². The zero-order valence-electron chi connectivity index (χ0n) is 11.6. The van der Waals surface area contributed by atoms with E-state index < -0.39 is 0 Å². The molecular weight excluding hydrogens is 248 g/mol. The van der Waals surface area contributed by atoms with Gasteiger partial charge in [-0.05, 0) is 42.0 Å². The first kappa shape index (κ1) is 13.2. The highest BCUT2D eigenvalue weighted by atomic mass is 16.5. The Morgan fingerprint density at radius 2 is 1.75 bits per heavy atom. The van der Waals surface area contributed by atoms with E-state index >= 15 is 0 Å². The zero-order chi connectivity index (χ0) is 13.6. The lowest BCUT2D eigenvalue weighted by Crippen LogP contribution is -2.14. The number of benzene rings is 2. The van der Waals surface area contributed by atoms with Crippen molar-refractivity contribution in [2.45, 2.75) is 25.4 Å². The van der Waals surface area contributed by atoms with Crippen molar-refractivity contribution < 1.29 is 9.47 Å². The lowest BCUT2D eigenvalue weighted by atomic mass is 9.92. The van der Waals surface area contributed by atoms with E-state index in [9.17, 15) is 0 Å². The highest BCUT2D eigenvalue weighted by Gasteiger charge is 2.16. The van der Waals surface area contributed by atoms with Gasteiger partial charge in [-0.15, -0.1) is 0 Å². The molecule has 0 unspecified atom stereocenters. The molecule has 104 valence electrons. The Balaban J connectivity index is 1.65. The molecule has 1 fully saturated rings. The van der Waals surface area contributed by atoms with Crippen molar-refractivity contribution in [3.8, 4) is 5.75 Å². The summed E-state index contributed by atoms with van der Waals surface area (Å²) in [5.41, 5.74) is 2.57. The van der Waals surface area contributed by atoms with Crippen LogP contribution in [0.1, 0.15) is 29.9 Å². The highest BCUT2D eigenvalue weighted by Crippen LogP contribution is 2.29. The minimum Gasteiger partial charge on any atom is -0.489 e. The Morgan fingerprint density at radius 1 is 0.950 bits per heavy atom. The molecule has 0 atom stereocenters. The molecule has 1 heterocycles. The minimum absolute atomic E-state index is 0.615. The third-order valence-electron chi connectivity index (χ3n) is 3.80. The van der Waals surface area contributed by atoms with Crippen molar-refractivity contribution in [3.05, 3.63) is 65.7 Å². The van der Waals surface area contributed by atoms with Crippen molar-refractivity contribution in [1.82, 2.24) is 0 Å². The molecule has 0 bridgehead atoms. The summed E-state index contributed by atoms with van der Waals surface area (Å²) in [6.07, 6.45) is 2.23. The van der Waals surface area contributed by atoms with Crippen molar-refractivity contribution >= 4 is 0 Å². The molecule has 0 amide bonds. The van der Waals surface area contributed by atoms with Crippen LogP contribution in [0.2, 0.25) is 0 Å². The van der Waals surface area contributed by atoms with Crippen molar-refractivity contribution in [2.24, 2.45) is 0 Å². The van der Waals surface area contributed by atoms with Crippen molar-refractivity contribution in [3.63, 3.8) is 0 Å². The lowest BCUT2D eigenvalue weighted by molar-refractivity contribution is 0.0852. The average Bonchev–Trinajstić information content (AvgIpc) is 2.55. The number of hydrogen-bond donors (Lipinski definition) is 0. The van der Waals surface area contributed by atoms with Gasteiger partial charge in [0.2, 0.25) is 0 Å². The third-order valence-corrected chi connectivity index (χ3v) is 3.80. The number of rotatable bonds is 4. The Bertz CT molecular complexity index is 530. The van der Waals surface area contributed by atoms with Gasteiger partial charge in [-0.3, -0.25) is 0 Å². The van der Waals surface area contributed by atoms with Crippen LogP contribution in [0.3, 0.4) is 0 Å². The van der Waals surface area contributed by atoms with Gasteiger partial charge in [-0.25, -0.2) is 0 Å². The maximum absolute atomic E-state index is 5.89. The van der Waals surface area contributed by atoms with Crippen LogP contribution in [0, 0.1) is 0 Å². The minimum atomic E-state index is 0.615. The first-order chi connectivity index (χ1) is 9.92. The molecule has 2 heteroatoms. The van der Waals surface area contributed by atoms with Gasteiger partial charge in [0, 0.05) is 13.2 Å². The van der Waals surface area contributed by atoms with E-state index in [0.29, 0.717) is 12.5 Å². The predicted octanol–water partition coefficient (Wildman–Crippen LogP) is 4.16. The Labute approximate surface area is 120 Å². The molecule has 3 rings (SSSR count). The summed E-state index contributed by atoms with van der Waals surface area (Å²) < 4.78 is 11.3. The number of ether oxygens (including phenoxy) is 2. The number of hydrogen-bond acceptors (Lipinski definition) is 2. The molecule has 1 aliphatic rings. The molecule has 0 radical (unpaired) electrons. The Morgan fingerprint density at radius 3 is 2.55 bits per heavy atom. The fraction of sp³-hybridized carbons (Fsp3) is 0.333. The standard InChI is InChI=1S/C18H20O2/c1-2-5-15(6-3-1)14-20-18-8-4-7-17(13-18)16-9-11-19-12-10-16/h1-8,13,16H,9-12,14H2. The van der Waals surface area contributed by atoms with Crippen LogP contribution < -0.4 is 4.74 Å². The summed E-state index contributed by atoms with van der Waals surface area (Å²) in [4.78, 5) is 0. The van der Waals surface area contributed by atoms with Gasteiger partial charge in [0.15, 0.2) is 0 Å². The second-order valence-corrected chi connectivity index (χ2v) is 5.23. The van der Waals surface area contributed by atoms with Crippen LogP contribution in [0.25, 0.3) is 0 Å². The second kappa shape index (κ2) is 6.58. The summed E-state index contributed by atoms with van der Waals surface area (Å²) in [5, 5.41) is 0. The normalized spacial score (nSPS) is 16.0. The first-order valence-corrected chi connectivity index (χ1v) is 7.26. The monoisotopic (exact) mass is 268 g/mol. The molecule has 2 aromatic rings. The second-order valence-electron chi connectivity index (χ2n) is 5.23. The van der Waals surface area contributed by atoms with Crippen LogP contribution in [0.5, 0.6) is 5.75 Å². The lowest BCUT2D eigenvalue weighted by Gasteiger charge is -2.22. The molecule has 1 aliphatic heterocycles. The molecule has 2 aromatic carbocycles. The maximum Gasteiger partial charge on any atom is 0.120 e. The molecule has 0 spiro atoms. The molecule has 0 aromatic heterocycles. The average molecular weight is 268 g/mol. The van der Waals surface area contributed by atoms with E-state index in [1.807, 2.05) is 24.3 Å². The SMILES string of the molecule is c1ccc(COc2cccc(C3CCOCC3)c2)cc1. The van der Waals surface area contributed by atoms with E-state index in [1.54, 1.807) is 0 Å². The van der Waals surface area contributed by atoms with Crippen LogP contribution in [-0.2, 0) is 11.3 Å². The summed E-state index contributed by atoms with van der Waals surface area (Å²) in [6, 6.07) is 18.8. The third kappa shape index (κ3) is 3.40. The van der Waals surface area contributed by atoms with Crippen LogP contribution in [0.15, 0.2) is 54.6 Å². The van der Waals surface area contributed by atoms with E-state index in [-0.39, 0.29) is 0 Å². The summed E-state index contributed by atoms with van der Waals surface area (Å²) >= 11 is 0. The smallest absolute Gasteiger partial charge is 0.120 e. The molecule has 2 nitrogen and oxygen atoms in total. The van der Waals surface area contributed by atoms with Gasteiger partial charge in [0.1, 0.15) is 12.4 Å². The quantitative estimate of drug-likeness (QED) is 0.829. The molecule has 20 heavy (non-hydrogen) atoms. The molecule has 1 saturated heterocycles. The topological polar surface area (TPSA) is 18.5 Å². The van der Waals surface area contributed by atoms with Gasteiger partial charge >= 0.3 is 0 Å². The highest BCUT2D eigenvalue weighted by molar-refractivity contribution is 5.31.